The van der Waals surface area contributed by atoms with Gasteiger partial charge in [0.15, 0.2) is 0 Å². The summed E-state index contributed by atoms with van der Waals surface area (Å²) in [4.78, 5) is 0.345. The van der Waals surface area contributed by atoms with Crippen LogP contribution in [-0.2, 0) is 0 Å². The van der Waals surface area contributed by atoms with Crippen molar-refractivity contribution < 1.29 is 4.74 Å². The molecule has 0 heterocycles. The van der Waals surface area contributed by atoms with E-state index in [0.717, 1.165) is 11.3 Å². The molecule has 0 radical (unpaired) electrons. The molecule has 0 saturated heterocycles. The Morgan fingerprint density at radius 1 is 1.00 bits per heavy atom. The molecule has 0 aromatic heterocycles. The number of ether oxygens (including phenoxy) is 1. The molecule has 2 N–H and O–H groups in total. The molecular weight excluding hydrogens is 254 g/mol. The number of benzene rings is 2. The fraction of sp³-hybridized carbons (Fsp3) is 0.188. The zero-order valence-electron chi connectivity index (χ0n) is 11.1. The SMILES string of the molecule is CC(C)c1ccccc1Oc1ccccc1C(N)=S. The van der Waals surface area contributed by atoms with Gasteiger partial charge in [0, 0.05) is 0 Å². The molecule has 2 aromatic rings. The van der Waals surface area contributed by atoms with Crippen LogP contribution in [0.3, 0.4) is 0 Å². The molecule has 98 valence electrons. The van der Waals surface area contributed by atoms with Gasteiger partial charge in [-0.1, -0.05) is 56.4 Å². The summed E-state index contributed by atoms with van der Waals surface area (Å²) < 4.78 is 6.00. The van der Waals surface area contributed by atoms with Gasteiger partial charge in [0.05, 0.1) is 5.56 Å². The van der Waals surface area contributed by atoms with Crippen LogP contribution >= 0.6 is 12.2 Å². The molecule has 0 aliphatic carbocycles. The highest BCUT2D eigenvalue weighted by Crippen LogP contribution is 2.31. The number of nitrogens with two attached hydrogens (primary N) is 1. The molecule has 0 unspecified atom stereocenters. The number of thiocarbonyl (C=S) groups is 1. The zero-order valence-corrected chi connectivity index (χ0v) is 11.9. The number of rotatable bonds is 4. The van der Waals surface area contributed by atoms with Crippen molar-refractivity contribution in [2.75, 3.05) is 0 Å². The first-order valence-electron chi connectivity index (χ1n) is 6.25. The van der Waals surface area contributed by atoms with Crippen molar-refractivity contribution >= 4 is 17.2 Å². The molecule has 0 atom stereocenters. The van der Waals surface area contributed by atoms with E-state index in [1.165, 1.54) is 5.56 Å². The molecule has 0 aliphatic heterocycles. The van der Waals surface area contributed by atoms with Gasteiger partial charge in [-0.2, -0.15) is 0 Å². The first-order valence-corrected chi connectivity index (χ1v) is 6.66. The summed E-state index contributed by atoms with van der Waals surface area (Å²) in [5.41, 5.74) is 7.64. The Morgan fingerprint density at radius 3 is 2.21 bits per heavy atom. The number of para-hydroxylation sites is 2. The van der Waals surface area contributed by atoms with Crippen molar-refractivity contribution in [2.45, 2.75) is 19.8 Å². The lowest BCUT2D eigenvalue weighted by Crippen LogP contribution is -2.10. The van der Waals surface area contributed by atoms with E-state index >= 15 is 0 Å². The highest BCUT2D eigenvalue weighted by Gasteiger charge is 2.11. The summed E-state index contributed by atoms with van der Waals surface area (Å²) >= 11 is 5.05. The minimum atomic E-state index is 0.345. The predicted molar refractivity (Wildman–Crippen MR) is 82.9 cm³/mol. The third-order valence-electron chi connectivity index (χ3n) is 2.91. The van der Waals surface area contributed by atoms with Crippen molar-refractivity contribution in [2.24, 2.45) is 5.73 Å². The Labute approximate surface area is 119 Å². The summed E-state index contributed by atoms with van der Waals surface area (Å²) in [6, 6.07) is 15.6. The van der Waals surface area contributed by atoms with Crippen molar-refractivity contribution in [3.63, 3.8) is 0 Å². The standard InChI is InChI=1S/C16H17NOS/c1-11(2)12-7-3-5-9-14(12)18-15-10-6-4-8-13(15)16(17)19/h3-11H,1-2H3,(H2,17,19). The summed E-state index contributed by atoms with van der Waals surface area (Å²) in [5, 5.41) is 0. The number of hydrogen-bond acceptors (Lipinski definition) is 2. The van der Waals surface area contributed by atoms with E-state index in [-0.39, 0.29) is 0 Å². The van der Waals surface area contributed by atoms with Gasteiger partial charge in [-0.3, -0.25) is 0 Å². The van der Waals surface area contributed by atoms with Gasteiger partial charge < -0.3 is 10.5 Å². The van der Waals surface area contributed by atoms with Crippen LogP contribution in [0.5, 0.6) is 11.5 Å². The van der Waals surface area contributed by atoms with Gasteiger partial charge in [-0.15, -0.1) is 0 Å². The van der Waals surface area contributed by atoms with Crippen LogP contribution in [0.4, 0.5) is 0 Å². The van der Waals surface area contributed by atoms with Crippen LogP contribution in [0.1, 0.15) is 30.9 Å². The first-order chi connectivity index (χ1) is 9.09. The van der Waals surface area contributed by atoms with E-state index in [9.17, 15) is 0 Å². The average Bonchev–Trinajstić information content (AvgIpc) is 2.39. The molecule has 0 bridgehead atoms. The third kappa shape index (κ3) is 3.12. The summed E-state index contributed by atoms with van der Waals surface area (Å²) in [6.45, 7) is 4.28. The molecular formula is C16H17NOS. The van der Waals surface area contributed by atoms with Crippen LogP contribution < -0.4 is 10.5 Å². The zero-order chi connectivity index (χ0) is 13.8. The molecule has 3 heteroatoms. The van der Waals surface area contributed by atoms with E-state index in [0.29, 0.717) is 16.7 Å². The maximum Gasteiger partial charge on any atom is 0.137 e. The van der Waals surface area contributed by atoms with Crippen molar-refractivity contribution in [1.29, 1.82) is 0 Å². The van der Waals surface area contributed by atoms with Crippen LogP contribution in [0, 0.1) is 0 Å². The van der Waals surface area contributed by atoms with E-state index in [4.69, 9.17) is 22.7 Å². The fourth-order valence-electron chi connectivity index (χ4n) is 1.93. The number of hydrogen-bond donors (Lipinski definition) is 1. The maximum atomic E-state index is 6.00. The van der Waals surface area contributed by atoms with Gasteiger partial charge >= 0.3 is 0 Å². The minimum Gasteiger partial charge on any atom is -0.456 e. The monoisotopic (exact) mass is 271 g/mol. The summed E-state index contributed by atoms with van der Waals surface area (Å²) in [6.07, 6.45) is 0. The van der Waals surface area contributed by atoms with Crippen LogP contribution in [0.2, 0.25) is 0 Å². The smallest absolute Gasteiger partial charge is 0.137 e. The highest BCUT2D eigenvalue weighted by molar-refractivity contribution is 7.80. The second kappa shape index (κ2) is 5.85. The predicted octanol–water partition coefficient (Wildman–Crippen LogP) is 4.24. The molecule has 19 heavy (non-hydrogen) atoms. The van der Waals surface area contributed by atoms with Gasteiger partial charge in [-0.25, -0.2) is 0 Å². The second-order valence-corrected chi connectivity index (χ2v) is 5.09. The van der Waals surface area contributed by atoms with Gasteiger partial charge in [0.25, 0.3) is 0 Å². The lowest BCUT2D eigenvalue weighted by molar-refractivity contribution is 0.472. The molecule has 2 rings (SSSR count). The first kappa shape index (κ1) is 13.6. The normalized spacial score (nSPS) is 10.5. The molecule has 0 spiro atoms. The molecule has 0 amide bonds. The van der Waals surface area contributed by atoms with Crippen LogP contribution in [0.15, 0.2) is 48.5 Å². The topological polar surface area (TPSA) is 35.2 Å². The van der Waals surface area contributed by atoms with E-state index in [1.54, 1.807) is 0 Å². The van der Waals surface area contributed by atoms with Gasteiger partial charge in [0.1, 0.15) is 16.5 Å². The molecule has 2 aromatic carbocycles. The van der Waals surface area contributed by atoms with Gasteiger partial charge in [0.2, 0.25) is 0 Å². The lowest BCUT2D eigenvalue weighted by atomic mass is 10.0. The van der Waals surface area contributed by atoms with Gasteiger partial charge in [-0.05, 0) is 29.7 Å². The Morgan fingerprint density at radius 2 is 1.58 bits per heavy atom. The molecule has 2 nitrogen and oxygen atoms in total. The lowest BCUT2D eigenvalue weighted by Gasteiger charge is -2.15. The summed E-state index contributed by atoms with van der Waals surface area (Å²) in [5.74, 6) is 1.94. The Bertz CT molecular complexity index is 593. The van der Waals surface area contributed by atoms with Crippen LogP contribution in [0.25, 0.3) is 0 Å². The molecule has 0 saturated carbocycles. The Kier molecular flexibility index (Phi) is 4.17. The third-order valence-corrected chi connectivity index (χ3v) is 3.13. The Balaban J connectivity index is 2.39. The van der Waals surface area contributed by atoms with Crippen LogP contribution in [-0.4, -0.2) is 4.99 Å². The molecule has 0 aliphatic rings. The largest absolute Gasteiger partial charge is 0.456 e. The van der Waals surface area contributed by atoms with E-state index < -0.39 is 0 Å². The van der Waals surface area contributed by atoms with Crippen molar-refractivity contribution in [3.05, 3.63) is 59.7 Å². The maximum absolute atomic E-state index is 6.00. The summed E-state index contributed by atoms with van der Waals surface area (Å²) in [7, 11) is 0. The van der Waals surface area contributed by atoms with Crippen molar-refractivity contribution in [1.82, 2.24) is 0 Å². The minimum absolute atomic E-state index is 0.345. The van der Waals surface area contributed by atoms with Crippen molar-refractivity contribution in [3.8, 4) is 11.5 Å². The Hall–Kier alpha value is -1.87. The van der Waals surface area contributed by atoms with E-state index in [2.05, 4.69) is 19.9 Å². The molecule has 0 fully saturated rings. The average molecular weight is 271 g/mol. The second-order valence-electron chi connectivity index (χ2n) is 4.65. The fourth-order valence-corrected chi connectivity index (χ4v) is 2.10. The quantitative estimate of drug-likeness (QED) is 0.845. The highest BCUT2D eigenvalue weighted by atomic mass is 32.1. The van der Waals surface area contributed by atoms with E-state index in [1.807, 2.05) is 42.5 Å².